The van der Waals surface area contributed by atoms with E-state index in [4.69, 9.17) is 0 Å². The van der Waals surface area contributed by atoms with E-state index in [1.165, 1.54) is 12.1 Å². The second kappa shape index (κ2) is 5.68. The molecular formula is C15H14N2O3S2. The summed E-state index contributed by atoms with van der Waals surface area (Å²) in [5.74, 6) is 0. The fourth-order valence-electron chi connectivity index (χ4n) is 2.20. The first-order chi connectivity index (χ1) is 10.5. The van der Waals surface area contributed by atoms with Gasteiger partial charge in [0.15, 0.2) is 0 Å². The monoisotopic (exact) mass is 334 g/mol. The Morgan fingerprint density at radius 3 is 2.59 bits per heavy atom. The number of fused-ring (bicyclic) bond motifs is 1. The summed E-state index contributed by atoms with van der Waals surface area (Å²) >= 11 is 0.994. The van der Waals surface area contributed by atoms with Gasteiger partial charge < -0.3 is 4.98 Å². The molecule has 114 valence electrons. The Kier molecular flexibility index (Phi) is 3.86. The Hall–Kier alpha value is -1.96. The number of rotatable bonds is 4. The predicted octanol–water partition coefficient (Wildman–Crippen LogP) is 2.63. The molecular weight excluding hydrogens is 320 g/mol. The Bertz CT molecular complexity index is 959. The van der Waals surface area contributed by atoms with Crippen molar-refractivity contribution in [2.75, 3.05) is 0 Å². The molecule has 0 aliphatic rings. The summed E-state index contributed by atoms with van der Waals surface area (Å²) in [6, 6.07) is 13.6. The summed E-state index contributed by atoms with van der Waals surface area (Å²) in [5, 5.41) is 0. The molecule has 2 N–H and O–H groups in total. The molecule has 0 saturated heterocycles. The molecule has 0 aliphatic carbocycles. The van der Waals surface area contributed by atoms with Crippen LogP contribution in [0.3, 0.4) is 0 Å². The normalized spacial score (nSPS) is 13.3. The molecule has 0 aliphatic heterocycles. The van der Waals surface area contributed by atoms with Gasteiger partial charge in [0.1, 0.15) is 0 Å². The van der Waals surface area contributed by atoms with Crippen molar-refractivity contribution in [2.24, 2.45) is 0 Å². The van der Waals surface area contributed by atoms with Gasteiger partial charge >= 0.3 is 4.87 Å². The molecule has 22 heavy (non-hydrogen) atoms. The molecule has 0 saturated carbocycles. The number of sulfonamides is 1. The SMILES string of the molecule is C[C@@H](NS(=O)(=O)c1ccc2[nH]c(=O)sc2c1)c1ccccc1. The minimum absolute atomic E-state index is 0.151. The first-order valence-corrected chi connectivity index (χ1v) is 8.96. The number of hydrogen-bond acceptors (Lipinski definition) is 4. The van der Waals surface area contributed by atoms with Crippen LogP contribution >= 0.6 is 11.3 Å². The zero-order valence-electron chi connectivity index (χ0n) is 11.7. The van der Waals surface area contributed by atoms with Crippen molar-refractivity contribution in [3.63, 3.8) is 0 Å². The molecule has 1 heterocycles. The molecule has 0 spiro atoms. The minimum atomic E-state index is -3.65. The van der Waals surface area contributed by atoms with Gasteiger partial charge in [0, 0.05) is 6.04 Å². The lowest BCUT2D eigenvalue weighted by Crippen LogP contribution is -2.26. The molecule has 0 bridgehead atoms. The lowest BCUT2D eigenvalue weighted by molar-refractivity contribution is 0.567. The summed E-state index contributed by atoms with van der Waals surface area (Å²) in [7, 11) is -3.65. The molecule has 1 aromatic heterocycles. The van der Waals surface area contributed by atoms with Crippen LogP contribution in [-0.4, -0.2) is 13.4 Å². The van der Waals surface area contributed by atoms with E-state index in [-0.39, 0.29) is 15.8 Å². The summed E-state index contributed by atoms with van der Waals surface area (Å²) in [4.78, 5) is 13.9. The maximum atomic E-state index is 12.5. The Balaban J connectivity index is 1.92. The number of nitrogens with one attached hydrogen (secondary N) is 2. The molecule has 0 radical (unpaired) electrons. The first-order valence-electron chi connectivity index (χ1n) is 6.66. The van der Waals surface area contributed by atoms with E-state index in [0.29, 0.717) is 10.2 Å². The maximum absolute atomic E-state index is 12.5. The number of thiazole rings is 1. The third-order valence-corrected chi connectivity index (χ3v) is 5.72. The Labute approximate surface area is 131 Å². The number of hydrogen-bond donors (Lipinski definition) is 2. The molecule has 2 aromatic carbocycles. The molecule has 0 unspecified atom stereocenters. The zero-order chi connectivity index (χ0) is 15.7. The molecule has 3 aromatic rings. The standard InChI is InChI=1S/C15H14N2O3S2/c1-10(11-5-3-2-4-6-11)17-22(19,20)12-7-8-13-14(9-12)21-15(18)16-13/h2-10,17H,1H3,(H,16,18)/t10-/m1/s1. The quantitative estimate of drug-likeness (QED) is 0.770. The van der Waals surface area contributed by atoms with Crippen molar-refractivity contribution in [1.29, 1.82) is 0 Å². The third kappa shape index (κ3) is 2.96. The molecule has 1 atom stereocenters. The average molecular weight is 334 g/mol. The van der Waals surface area contributed by atoms with Crippen molar-refractivity contribution in [3.05, 3.63) is 63.8 Å². The van der Waals surface area contributed by atoms with E-state index in [1.807, 2.05) is 30.3 Å². The van der Waals surface area contributed by atoms with Crippen LogP contribution in [0.1, 0.15) is 18.5 Å². The summed E-state index contributed by atoms with van der Waals surface area (Å²) < 4.78 is 28.2. The van der Waals surface area contributed by atoms with Crippen molar-refractivity contribution in [2.45, 2.75) is 17.9 Å². The van der Waals surface area contributed by atoms with Gasteiger partial charge in [0.25, 0.3) is 0 Å². The smallest absolute Gasteiger partial charge is 0.305 e. The zero-order valence-corrected chi connectivity index (χ0v) is 13.4. The highest BCUT2D eigenvalue weighted by molar-refractivity contribution is 7.89. The highest BCUT2D eigenvalue weighted by Gasteiger charge is 2.19. The van der Waals surface area contributed by atoms with Crippen molar-refractivity contribution >= 4 is 31.6 Å². The fraction of sp³-hybridized carbons (Fsp3) is 0.133. The van der Waals surface area contributed by atoms with Crippen LogP contribution in [0.5, 0.6) is 0 Å². The predicted molar refractivity (Wildman–Crippen MR) is 87.6 cm³/mol. The van der Waals surface area contributed by atoms with Gasteiger partial charge in [0.05, 0.1) is 15.1 Å². The van der Waals surface area contributed by atoms with Gasteiger partial charge in [-0.15, -0.1) is 0 Å². The molecule has 0 amide bonds. The fourth-order valence-corrected chi connectivity index (χ4v) is 4.31. The van der Waals surface area contributed by atoms with Crippen LogP contribution in [0.25, 0.3) is 10.2 Å². The van der Waals surface area contributed by atoms with Crippen LogP contribution in [0.15, 0.2) is 58.2 Å². The lowest BCUT2D eigenvalue weighted by Gasteiger charge is -2.14. The highest BCUT2D eigenvalue weighted by atomic mass is 32.2. The third-order valence-electron chi connectivity index (χ3n) is 3.33. The Morgan fingerprint density at radius 2 is 1.86 bits per heavy atom. The second-order valence-corrected chi connectivity index (χ2v) is 7.65. The van der Waals surface area contributed by atoms with Gasteiger partial charge in [-0.3, -0.25) is 4.79 Å². The van der Waals surface area contributed by atoms with Gasteiger partial charge in [-0.2, -0.15) is 0 Å². The number of benzene rings is 2. The van der Waals surface area contributed by atoms with Crippen molar-refractivity contribution < 1.29 is 8.42 Å². The minimum Gasteiger partial charge on any atom is -0.312 e. The van der Waals surface area contributed by atoms with Crippen LogP contribution in [0, 0.1) is 0 Å². The number of aromatic nitrogens is 1. The van der Waals surface area contributed by atoms with E-state index in [0.717, 1.165) is 16.9 Å². The van der Waals surface area contributed by atoms with Gasteiger partial charge in [-0.1, -0.05) is 41.7 Å². The number of aromatic amines is 1. The largest absolute Gasteiger partial charge is 0.312 e. The van der Waals surface area contributed by atoms with E-state index in [9.17, 15) is 13.2 Å². The van der Waals surface area contributed by atoms with Crippen LogP contribution in [0.2, 0.25) is 0 Å². The van der Waals surface area contributed by atoms with Gasteiger partial charge in [0.2, 0.25) is 10.0 Å². The van der Waals surface area contributed by atoms with E-state index in [1.54, 1.807) is 13.0 Å². The summed E-state index contributed by atoms with van der Waals surface area (Å²) in [6.45, 7) is 1.79. The molecule has 5 nitrogen and oxygen atoms in total. The topological polar surface area (TPSA) is 79.0 Å². The average Bonchev–Trinajstić information content (AvgIpc) is 2.86. The summed E-state index contributed by atoms with van der Waals surface area (Å²) in [6.07, 6.45) is 0. The van der Waals surface area contributed by atoms with Crippen LogP contribution in [-0.2, 0) is 10.0 Å². The van der Waals surface area contributed by atoms with Crippen LogP contribution in [0.4, 0.5) is 0 Å². The van der Waals surface area contributed by atoms with Crippen LogP contribution < -0.4 is 9.60 Å². The second-order valence-electron chi connectivity index (χ2n) is 4.93. The lowest BCUT2D eigenvalue weighted by atomic mass is 10.1. The van der Waals surface area contributed by atoms with Crippen molar-refractivity contribution in [3.8, 4) is 0 Å². The van der Waals surface area contributed by atoms with E-state index >= 15 is 0 Å². The van der Waals surface area contributed by atoms with Gasteiger partial charge in [-0.25, -0.2) is 13.1 Å². The maximum Gasteiger partial charge on any atom is 0.305 e. The Morgan fingerprint density at radius 1 is 1.14 bits per heavy atom. The molecule has 3 rings (SSSR count). The summed E-state index contributed by atoms with van der Waals surface area (Å²) in [5.41, 5.74) is 1.53. The highest BCUT2D eigenvalue weighted by Crippen LogP contribution is 2.21. The number of H-pyrrole nitrogens is 1. The molecule has 0 fully saturated rings. The van der Waals surface area contributed by atoms with E-state index < -0.39 is 10.0 Å². The van der Waals surface area contributed by atoms with Gasteiger partial charge in [-0.05, 0) is 30.7 Å². The van der Waals surface area contributed by atoms with E-state index in [2.05, 4.69) is 9.71 Å². The molecule has 7 heteroatoms. The first kappa shape index (κ1) is 15.0. The van der Waals surface area contributed by atoms with Crippen molar-refractivity contribution in [1.82, 2.24) is 9.71 Å².